The van der Waals surface area contributed by atoms with E-state index in [1.165, 1.54) is 0 Å². The molecule has 0 aliphatic heterocycles. The zero-order valence-corrected chi connectivity index (χ0v) is 30.5. The van der Waals surface area contributed by atoms with Gasteiger partial charge in [-0.3, -0.25) is 4.98 Å². The topological polar surface area (TPSA) is 129 Å². The van der Waals surface area contributed by atoms with Crippen molar-refractivity contribution in [1.82, 2.24) is 49.8 Å². The normalized spacial score (nSPS) is 11.0. The van der Waals surface area contributed by atoms with E-state index in [1.807, 2.05) is 154 Å². The van der Waals surface area contributed by atoms with Gasteiger partial charge in [0.05, 0.1) is 0 Å². The molecule has 0 radical (unpaired) electrons. The minimum atomic E-state index is 0.489. The fourth-order valence-electron chi connectivity index (χ4n) is 6.39. The molecule has 4 aromatic heterocycles. The first-order chi connectivity index (χ1) is 27.5. The molecule has 10 heteroatoms. The van der Waals surface area contributed by atoms with Crippen LogP contribution in [0.4, 0.5) is 0 Å². The quantitative estimate of drug-likeness (QED) is 0.149. The Labute approximate surface area is 323 Å². The standard InChI is InChI=1S/C46H32N10/c1-29-48-40(31-14-6-3-7-15-31)52-43(50-29)34-20-12-21-35(24-34)44-54-42(33-18-10-5-11-19-33)55-46(56-44)39-26-37(36-22-13-23-47-28-36)25-38(27-39)45-51-30(2)49-41(53-45)32-16-8-4-9-17-32/h3-28H,1-2H3. The molecule has 0 unspecified atom stereocenters. The van der Waals surface area contributed by atoms with E-state index in [0.717, 1.165) is 50.1 Å². The van der Waals surface area contributed by atoms with Crippen LogP contribution in [0.25, 0.3) is 90.8 Å². The molecule has 9 aromatic rings. The lowest BCUT2D eigenvalue weighted by molar-refractivity contribution is 0.991. The Balaban J connectivity index is 1.21. The van der Waals surface area contributed by atoms with Crippen molar-refractivity contribution in [2.75, 3.05) is 0 Å². The van der Waals surface area contributed by atoms with E-state index in [0.29, 0.717) is 52.4 Å². The van der Waals surface area contributed by atoms with Crippen LogP contribution in [-0.4, -0.2) is 49.8 Å². The molecule has 0 bridgehead atoms. The Kier molecular flexibility index (Phi) is 9.10. The highest BCUT2D eigenvalue weighted by Gasteiger charge is 2.18. The van der Waals surface area contributed by atoms with Crippen LogP contribution in [-0.2, 0) is 0 Å². The third-order valence-corrected chi connectivity index (χ3v) is 9.05. The van der Waals surface area contributed by atoms with Crippen molar-refractivity contribution in [3.8, 4) is 90.8 Å². The van der Waals surface area contributed by atoms with Crippen molar-refractivity contribution in [2.45, 2.75) is 13.8 Å². The molecule has 10 nitrogen and oxygen atoms in total. The van der Waals surface area contributed by atoms with Crippen LogP contribution in [0.2, 0.25) is 0 Å². The highest BCUT2D eigenvalue weighted by molar-refractivity contribution is 5.79. The summed E-state index contributed by atoms with van der Waals surface area (Å²) in [5, 5.41) is 0. The average molecular weight is 725 g/mol. The van der Waals surface area contributed by atoms with Crippen LogP contribution in [0.3, 0.4) is 0 Å². The molecule has 5 aromatic carbocycles. The SMILES string of the molecule is Cc1nc(-c2ccccc2)nc(-c2cccc(-c3nc(-c4ccccc4)nc(-c4cc(-c5cccnc5)cc(-c5nc(C)nc(-c6ccccc6)n5)c4)n3)c2)n1. The Morgan fingerprint density at radius 1 is 0.268 bits per heavy atom. The van der Waals surface area contributed by atoms with E-state index in [1.54, 1.807) is 6.20 Å². The predicted molar refractivity (Wildman–Crippen MR) is 217 cm³/mol. The van der Waals surface area contributed by atoms with Gasteiger partial charge in [-0.25, -0.2) is 44.9 Å². The lowest BCUT2D eigenvalue weighted by Gasteiger charge is -2.13. The number of rotatable bonds is 8. The molecule has 0 aliphatic rings. The van der Waals surface area contributed by atoms with E-state index in [4.69, 9.17) is 34.9 Å². The number of benzene rings is 5. The highest BCUT2D eigenvalue weighted by atomic mass is 15.0. The largest absolute Gasteiger partial charge is 0.264 e. The summed E-state index contributed by atoms with van der Waals surface area (Å²) >= 11 is 0. The van der Waals surface area contributed by atoms with Gasteiger partial charge in [-0.2, -0.15) is 0 Å². The van der Waals surface area contributed by atoms with Crippen molar-refractivity contribution < 1.29 is 0 Å². The monoisotopic (exact) mass is 724 g/mol. The smallest absolute Gasteiger partial charge is 0.164 e. The highest BCUT2D eigenvalue weighted by Crippen LogP contribution is 2.33. The molecule has 0 saturated carbocycles. The molecule has 56 heavy (non-hydrogen) atoms. The molecule has 266 valence electrons. The summed E-state index contributed by atoms with van der Waals surface area (Å²) in [5.74, 6) is 5.07. The van der Waals surface area contributed by atoms with Gasteiger partial charge >= 0.3 is 0 Å². The zero-order valence-electron chi connectivity index (χ0n) is 30.5. The summed E-state index contributed by atoms with van der Waals surface area (Å²) in [6, 6.07) is 47.7. The fraction of sp³-hybridized carbons (Fsp3) is 0.0435. The van der Waals surface area contributed by atoms with E-state index in [-0.39, 0.29) is 0 Å². The third kappa shape index (κ3) is 7.27. The van der Waals surface area contributed by atoms with Gasteiger partial charge in [-0.05, 0) is 49.7 Å². The molecular weight excluding hydrogens is 693 g/mol. The number of hydrogen-bond donors (Lipinski definition) is 0. The molecule has 0 saturated heterocycles. The second-order valence-electron chi connectivity index (χ2n) is 13.1. The van der Waals surface area contributed by atoms with E-state index in [2.05, 4.69) is 27.1 Å². The number of nitrogens with zero attached hydrogens (tertiary/aromatic N) is 10. The van der Waals surface area contributed by atoms with Crippen LogP contribution in [0.15, 0.2) is 158 Å². The van der Waals surface area contributed by atoms with Gasteiger partial charge < -0.3 is 0 Å². The number of hydrogen-bond acceptors (Lipinski definition) is 10. The lowest BCUT2D eigenvalue weighted by Crippen LogP contribution is -2.02. The first-order valence-electron chi connectivity index (χ1n) is 18.1. The Morgan fingerprint density at radius 3 is 1.04 bits per heavy atom. The second kappa shape index (κ2) is 15.0. The second-order valence-corrected chi connectivity index (χ2v) is 13.1. The van der Waals surface area contributed by atoms with Gasteiger partial charge in [-0.1, -0.05) is 115 Å². The average Bonchev–Trinajstić information content (AvgIpc) is 3.27. The van der Waals surface area contributed by atoms with E-state index in [9.17, 15) is 0 Å². The summed E-state index contributed by atoms with van der Waals surface area (Å²) in [6.07, 6.45) is 3.60. The van der Waals surface area contributed by atoms with E-state index < -0.39 is 0 Å². The first-order valence-corrected chi connectivity index (χ1v) is 18.1. The molecule has 9 rings (SSSR count). The minimum absolute atomic E-state index is 0.489. The van der Waals surface area contributed by atoms with Gasteiger partial charge in [0, 0.05) is 56.9 Å². The van der Waals surface area contributed by atoms with Gasteiger partial charge in [0.1, 0.15) is 11.6 Å². The predicted octanol–water partition coefficient (Wildman–Crippen LogP) is 9.59. The third-order valence-electron chi connectivity index (χ3n) is 9.05. The van der Waals surface area contributed by atoms with Crippen molar-refractivity contribution in [3.05, 3.63) is 170 Å². The van der Waals surface area contributed by atoms with Crippen molar-refractivity contribution >= 4 is 0 Å². The molecule has 0 fully saturated rings. The summed E-state index contributed by atoms with van der Waals surface area (Å²) < 4.78 is 0. The Morgan fingerprint density at radius 2 is 0.589 bits per heavy atom. The maximum Gasteiger partial charge on any atom is 0.164 e. The molecule has 0 atom stereocenters. The van der Waals surface area contributed by atoms with Gasteiger partial charge in [0.15, 0.2) is 40.8 Å². The summed E-state index contributed by atoms with van der Waals surface area (Å²) in [6.45, 7) is 3.75. The van der Waals surface area contributed by atoms with Crippen LogP contribution in [0.5, 0.6) is 0 Å². The number of aryl methyl sites for hydroxylation is 2. The van der Waals surface area contributed by atoms with E-state index >= 15 is 0 Å². The fourth-order valence-corrected chi connectivity index (χ4v) is 6.39. The van der Waals surface area contributed by atoms with Crippen molar-refractivity contribution in [3.63, 3.8) is 0 Å². The summed E-state index contributed by atoms with van der Waals surface area (Å²) in [5.41, 5.74) is 7.67. The summed E-state index contributed by atoms with van der Waals surface area (Å²) in [7, 11) is 0. The molecule has 4 heterocycles. The zero-order chi connectivity index (χ0) is 37.8. The Bertz CT molecular complexity index is 2820. The molecule has 0 spiro atoms. The van der Waals surface area contributed by atoms with Crippen molar-refractivity contribution in [2.24, 2.45) is 0 Å². The lowest BCUT2D eigenvalue weighted by atomic mass is 9.99. The maximum absolute atomic E-state index is 5.12. The van der Waals surface area contributed by atoms with Crippen LogP contribution < -0.4 is 0 Å². The van der Waals surface area contributed by atoms with Gasteiger partial charge in [0.2, 0.25) is 0 Å². The van der Waals surface area contributed by atoms with Crippen molar-refractivity contribution in [1.29, 1.82) is 0 Å². The molecular formula is C46H32N10. The first kappa shape index (κ1) is 34.1. The molecule has 0 aliphatic carbocycles. The van der Waals surface area contributed by atoms with Crippen LogP contribution in [0, 0.1) is 13.8 Å². The van der Waals surface area contributed by atoms with Crippen LogP contribution >= 0.6 is 0 Å². The molecule has 0 N–H and O–H groups in total. The number of pyridine rings is 1. The van der Waals surface area contributed by atoms with Gasteiger partial charge in [0.25, 0.3) is 0 Å². The maximum atomic E-state index is 5.12. The number of aromatic nitrogens is 10. The van der Waals surface area contributed by atoms with Crippen LogP contribution in [0.1, 0.15) is 11.6 Å². The summed E-state index contributed by atoms with van der Waals surface area (Å²) in [4.78, 5) is 48.2. The molecule has 0 amide bonds. The van der Waals surface area contributed by atoms with Gasteiger partial charge in [-0.15, -0.1) is 0 Å². The minimum Gasteiger partial charge on any atom is -0.264 e. The Hall–Kier alpha value is -7.72.